The van der Waals surface area contributed by atoms with Crippen LogP contribution in [0.2, 0.25) is 0 Å². The molecule has 1 rings (SSSR count). The first-order valence-electron chi connectivity index (χ1n) is 7.15. The van der Waals surface area contributed by atoms with Crippen molar-refractivity contribution in [3.05, 3.63) is 0 Å². The molecule has 3 nitrogen and oxygen atoms in total. The number of nitrogens with zero attached hydrogens (tertiary/aromatic N) is 2. The molecule has 1 aliphatic carbocycles. The van der Waals surface area contributed by atoms with Crippen molar-refractivity contribution < 1.29 is 0 Å². The first-order chi connectivity index (χ1) is 8.30. The molecule has 0 spiro atoms. The number of hydrogen-bond acceptors (Lipinski definition) is 3. The Hall–Kier alpha value is -0.590. The molecule has 0 aliphatic heterocycles. The van der Waals surface area contributed by atoms with Crippen molar-refractivity contribution in [1.29, 1.82) is 5.26 Å². The van der Waals surface area contributed by atoms with E-state index in [0.29, 0.717) is 0 Å². The lowest BCUT2D eigenvalue weighted by atomic mass is 10.2. The summed E-state index contributed by atoms with van der Waals surface area (Å²) in [6.07, 6.45) is 6.10. The summed E-state index contributed by atoms with van der Waals surface area (Å²) in [5.74, 6) is 0.950. The highest BCUT2D eigenvalue weighted by molar-refractivity contribution is 4.90. The van der Waals surface area contributed by atoms with Gasteiger partial charge in [0.25, 0.3) is 0 Å². The van der Waals surface area contributed by atoms with Crippen molar-refractivity contribution in [3.8, 4) is 6.07 Å². The summed E-state index contributed by atoms with van der Waals surface area (Å²) in [4.78, 5) is 2.54. The molecule has 3 heteroatoms. The summed E-state index contributed by atoms with van der Waals surface area (Å²) in [6.45, 7) is 8.82. The van der Waals surface area contributed by atoms with Crippen LogP contribution in [0.15, 0.2) is 0 Å². The molecule has 0 bridgehead atoms. The van der Waals surface area contributed by atoms with Crippen LogP contribution in [0.1, 0.15) is 46.0 Å². The second kappa shape index (κ2) is 8.49. The molecule has 1 atom stereocenters. The second-order valence-corrected chi connectivity index (χ2v) is 5.17. The Morgan fingerprint density at radius 3 is 2.59 bits per heavy atom. The van der Waals surface area contributed by atoms with Gasteiger partial charge in [-0.25, -0.2) is 0 Å². The van der Waals surface area contributed by atoms with Crippen LogP contribution in [0.3, 0.4) is 0 Å². The molecule has 0 aromatic carbocycles. The molecule has 0 radical (unpaired) electrons. The topological polar surface area (TPSA) is 39.1 Å². The molecule has 0 saturated heterocycles. The Bertz CT molecular complexity index is 230. The fourth-order valence-electron chi connectivity index (χ4n) is 2.12. The minimum Gasteiger partial charge on any atom is -0.303 e. The van der Waals surface area contributed by atoms with E-state index in [4.69, 9.17) is 5.26 Å². The van der Waals surface area contributed by atoms with E-state index in [1.807, 2.05) is 0 Å². The van der Waals surface area contributed by atoms with E-state index < -0.39 is 0 Å². The Labute approximate surface area is 106 Å². The fourth-order valence-corrected chi connectivity index (χ4v) is 2.12. The van der Waals surface area contributed by atoms with Crippen LogP contribution < -0.4 is 5.32 Å². The van der Waals surface area contributed by atoms with Crippen LogP contribution in [-0.4, -0.2) is 37.1 Å². The van der Waals surface area contributed by atoms with Gasteiger partial charge in [0.15, 0.2) is 0 Å². The van der Waals surface area contributed by atoms with Crippen molar-refractivity contribution in [3.63, 3.8) is 0 Å². The van der Waals surface area contributed by atoms with Crippen LogP contribution in [0.25, 0.3) is 0 Å². The minimum atomic E-state index is 0.0357. The summed E-state index contributed by atoms with van der Waals surface area (Å²) >= 11 is 0. The normalized spacial score (nSPS) is 17.1. The van der Waals surface area contributed by atoms with Gasteiger partial charge < -0.3 is 10.2 Å². The van der Waals surface area contributed by atoms with Gasteiger partial charge in [-0.2, -0.15) is 5.26 Å². The zero-order valence-corrected chi connectivity index (χ0v) is 11.4. The van der Waals surface area contributed by atoms with Gasteiger partial charge in [-0.1, -0.05) is 13.8 Å². The monoisotopic (exact) mass is 237 g/mol. The predicted octanol–water partition coefficient (Wildman–Crippen LogP) is 2.39. The standard InChI is InChI=1S/C14H27N3/c1-3-8-16-14(11-15)7-10-17(9-4-2)12-13-5-6-13/h13-14,16H,3-10,12H2,1-2H3. The average Bonchev–Trinajstić information content (AvgIpc) is 3.13. The van der Waals surface area contributed by atoms with Gasteiger partial charge in [0.2, 0.25) is 0 Å². The summed E-state index contributed by atoms with van der Waals surface area (Å²) in [5.41, 5.74) is 0. The van der Waals surface area contributed by atoms with Crippen LogP contribution in [0, 0.1) is 17.2 Å². The minimum absolute atomic E-state index is 0.0357. The maximum atomic E-state index is 9.06. The summed E-state index contributed by atoms with van der Waals surface area (Å²) in [7, 11) is 0. The third-order valence-corrected chi connectivity index (χ3v) is 3.28. The predicted molar refractivity (Wildman–Crippen MR) is 71.8 cm³/mol. The van der Waals surface area contributed by atoms with Crippen molar-refractivity contribution in [2.75, 3.05) is 26.2 Å². The molecule has 1 N–H and O–H groups in total. The molecule has 0 amide bonds. The molecule has 0 heterocycles. The highest BCUT2D eigenvalue weighted by Gasteiger charge is 2.24. The molecule has 0 aromatic heterocycles. The molecule has 98 valence electrons. The lowest BCUT2D eigenvalue weighted by Crippen LogP contribution is -2.35. The molecule has 17 heavy (non-hydrogen) atoms. The lowest BCUT2D eigenvalue weighted by Gasteiger charge is -2.23. The first kappa shape index (κ1) is 14.5. The number of hydrogen-bond donors (Lipinski definition) is 1. The van der Waals surface area contributed by atoms with Gasteiger partial charge in [-0.3, -0.25) is 0 Å². The number of nitriles is 1. The molecule has 1 aliphatic rings. The zero-order chi connectivity index (χ0) is 12.5. The molecular weight excluding hydrogens is 210 g/mol. The molecule has 1 saturated carbocycles. The van der Waals surface area contributed by atoms with E-state index in [-0.39, 0.29) is 6.04 Å². The molecular formula is C14H27N3. The van der Waals surface area contributed by atoms with E-state index in [2.05, 4.69) is 30.1 Å². The van der Waals surface area contributed by atoms with Gasteiger partial charge in [-0.05, 0) is 51.1 Å². The largest absolute Gasteiger partial charge is 0.303 e. The summed E-state index contributed by atoms with van der Waals surface area (Å²) in [5, 5.41) is 12.4. The van der Waals surface area contributed by atoms with Crippen LogP contribution in [0.5, 0.6) is 0 Å². The molecule has 1 fully saturated rings. The van der Waals surface area contributed by atoms with Gasteiger partial charge >= 0.3 is 0 Å². The molecule has 1 unspecified atom stereocenters. The first-order valence-corrected chi connectivity index (χ1v) is 7.15. The maximum absolute atomic E-state index is 9.06. The van der Waals surface area contributed by atoms with Crippen molar-refractivity contribution >= 4 is 0 Å². The number of rotatable bonds is 10. The zero-order valence-electron chi connectivity index (χ0n) is 11.4. The lowest BCUT2D eigenvalue weighted by molar-refractivity contribution is 0.253. The van der Waals surface area contributed by atoms with Crippen LogP contribution >= 0.6 is 0 Å². The Morgan fingerprint density at radius 1 is 1.29 bits per heavy atom. The van der Waals surface area contributed by atoms with Crippen molar-refractivity contribution in [2.45, 2.75) is 52.0 Å². The van der Waals surface area contributed by atoms with E-state index in [1.54, 1.807) is 0 Å². The fraction of sp³-hybridized carbons (Fsp3) is 0.929. The molecule has 0 aromatic rings. The third kappa shape index (κ3) is 6.65. The van der Waals surface area contributed by atoms with Gasteiger partial charge in [0.05, 0.1) is 12.1 Å². The quantitative estimate of drug-likeness (QED) is 0.634. The number of nitrogens with one attached hydrogen (secondary N) is 1. The SMILES string of the molecule is CCCNC(C#N)CCN(CCC)CC1CC1. The van der Waals surface area contributed by atoms with E-state index in [9.17, 15) is 0 Å². The third-order valence-electron chi connectivity index (χ3n) is 3.28. The van der Waals surface area contributed by atoms with E-state index >= 15 is 0 Å². The smallest absolute Gasteiger partial charge is 0.0965 e. The summed E-state index contributed by atoms with van der Waals surface area (Å²) in [6, 6.07) is 2.40. The van der Waals surface area contributed by atoms with Gasteiger partial charge in [0.1, 0.15) is 0 Å². The maximum Gasteiger partial charge on any atom is 0.0965 e. The highest BCUT2D eigenvalue weighted by Crippen LogP contribution is 2.29. The van der Waals surface area contributed by atoms with E-state index in [0.717, 1.165) is 31.8 Å². The second-order valence-electron chi connectivity index (χ2n) is 5.17. The van der Waals surface area contributed by atoms with Gasteiger partial charge in [0, 0.05) is 13.1 Å². The summed E-state index contributed by atoms with van der Waals surface area (Å²) < 4.78 is 0. The Kier molecular flexibility index (Phi) is 7.23. The Balaban J connectivity index is 2.20. The average molecular weight is 237 g/mol. The Morgan fingerprint density at radius 2 is 2.06 bits per heavy atom. The van der Waals surface area contributed by atoms with E-state index in [1.165, 1.54) is 32.4 Å². The van der Waals surface area contributed by atoms with Crippen molar-refractivity contribution in [2.24, 2.45) is 5.92 Å². The van der Waals surface area contributed by atoms with Crippen molar-refractivity contribution in [1.82, 2.24) is 10.2 Å². The van der Waals surface area contributed by atoms with Crippen LogP contribution in [-0.2, 0) is 0 Å². The highest BCUT2D eigenvalue weighted by atomic mass is 15.1. The van der Waals surface area contributed by atoms with Crippen LogP contribution in [0.4, 0.5) is 0 Å². The van der Waals surface area contributed by atoms with Gasteiger partial charge in [-0.15, -0.1) is 0 Å².